The van der Waals surface area contributed by atoms with E-state index in [1.807, 2.05) is 11.8 Å². The van der Waals surface area contributed by atoms with E-state index in [0.29, 0.717) is 5.25 Å². The van der Waals surface area contributed by atoms with E-state index in [2.05, 4.69) is 31.2 Å². The molecular formula is C14H19NOS. The molecule has 1 aliphatic carbocycles. The summed E-state index contributed by atoms with van der Waals surface area (Å²) in [5, 5.41) is 0.657. The van der Waals surface area contributed by atoms with Crippen molar-refractivity contribution in [3.8, 4) is 0 Å². The third-order valence-electron chi connectivity index (χ3n) is 4.00. The maximum atomic E-state index is 6.09. The highest BCUT2D eigenvalue weighted by atomic mass is 32.2. The second-order valence-corrected chi connectivity index (χ2v) is 6.62. The van der Waals surface area contributed by atoms with Gasteiger partial charge in [-0.05, 0) is 37.5 Å². The fourth-order valence-electron chi connectivity index (χ4n) is 2.48. The summed E-state index contributed by atoms with van der Waals surface area (Å²) < 4.78 is 5.19. The maximum absolute atomic E-state index is 6.09. The Morgan fingerprint density at radius 1 is 1.29 bits per heavy atom. The largest absolute Gasteiger partial charge is 0.379 e. The fraction of sp³-hybridized carbons (Fsp3) is 0.571. The normalized spacial score (nSPS) is 24.1. The lowest BCUT2D eigenvalue weighted by atomic mass is 9.90. The standard InChI is InChI=1S/C14H19NOS/c1-10(15)14(6-7-14)11-2-4-12(5-3-11)17-13-8-16-9-13/h2-5,10,13H,6-9,15H2,1H3. The molecule has 3 heteroatoms. The zero-order valence-electron chi connectivity index (χ0n) is 10.2. The Hall–Kier alpha value is -0.510. The van der Waals surface area contributed by atoms with Crippen LogP contribution >= 0.6 is 11.8 Å². The molecule has 0 spiro atoms. The van der Waals surface area contributed by atoms with Crippen LogP contribution in [0.2, 0.25) is 0 Å². The van der Waals surface area contributed by atoms with Crippen LogP contribution in [0.5, 0.6) is 0 Å². The van der Waals surface area contributed by atoms with Gasteiger partial charge in [-0.2, -0.15) is 0 Å². The number of thioether (sulfide) groups is 1. The summed E-state index contributed by atoms with van der Waals surface area (Å²) in [7, 11) is 0. The summed E-state index contributed by atoms with van der Waals surface area (Å²) in [6.07, 6.45) is 2.49. The Morgan fingerprint density at radius 3 is 2.35 bits per heavy atom. The number of benzene rings is 1. The van der Waals surface area contributed by atoms with E-state index < -0.39 is 0 Å². The molecule has 2 aliphatic rings. The molecule has 92 valence electrons. The van der Waals surface area contributed by atoms with Crippen molar-refractivity contribution in [3.63, 3.8) is 0 Å². The molecule has 1 aromatic rings. The van der Waals surface area contributed by atoms with E-state index in [0.717, 1.165) is 13.2 Å². The van der Waals surface area contributed by atoms with Gasteiger partial charge in [-0.25, -0.2) is 0 Å². The molecule has 2 fully saturated rings. The predicted molar refractivity (Wildman–Crippen MR) is 71.5 cm³/mol. The molecule has 3 rings (SSSR count). The van der Waals surface area contributed by atoms with Crippen molar-refractivity contribution in [2.45, 2.75) is 41.4 Å². The molecular weight excluding hydrogens is 230 g/mol. The average molecular weight is 249 g/mol. The van der Waals surface area contributed by atoms with Gasteiger partial charge in [0.15, 0.2) is 0 Å². The minimum absolute atomic E-state index is 0.265. The van der Waals surface area contributed by atoms with Crippen molar-refractivity contribution in [2.75, 3.05) is 13.2 Å². The summed E-state index contributed by atoms with van der Waals surface area (Å²) >= 11 is 1.92. The van der Waals surface area contributed by atoms with Gasteiger partial charge in [0.1, 0.15) is 0 Å². The first-order valence-electron chi connectivity index (χ1n) is 6.31. The molecule has 0 radical (unpaired) electrons. The van der Waals surface area contributed by atoms with Gasteiger partial charge in [0.05, 0.1) is 18.5 Å². The second kappa shape index (κ2) is 4.30. The Bertz CT molecular complexity index is 393. The molecule has 0 amide bonds. The van der Waals surface area contributed by atoms with Crippen LogP contribution in [0.15, 0.2) is 29.2 Å². The first-order valence-corrected chi connectivity index (χ1v) is 7.19. The van der Waals surface area contributed by atoms with Crippen LogP contribution < -0.4 is 5.73 Å². The Kier molecular flexibility index (Phi) is 2.93. The Morgan fingerprint density at radius 2 is 1.94 bits per heavy atom. The van der Waals surface area contributed by atoms with Crippen LogP contribution in [0, 0.1) is 0 Å². The van der Waals surface area contributed by atoms with Crippen LogP contribution in [0.1, 0.15) is 25.3 Å². The smallest absolute Gasteiger partial charge is 0.0611 e. The molecule has 0 aromatic heterocycles. The molecule has 1 heterocycles. The maximum Gasteiger partial charge on any atom is 0.0611 e. The minimum atomic E-state index is 0.265. The first-order chi connectivity index (χ1) is 8.21. The molecule has 0 bridgehead atoms. The summed E-state index contributed by atoms with van der Waals surface area (Å²) in [4.78, 5) is 1.35. The molecule has 1 aliphatic heterocycles. The van der Waals surface area contributed by atoms with Gasteiger partial charge in [0.2, 0.25) is 0 Å². The number of rotatable bonds is 4. The molecule has 2 nitrogen and oxygen atoms in total. The van der Waals surface area contributed by atoms with Crippen LogP contribution in [0.4, 0.5) is 0 Å². The van der Waals surface area contributed by atoms with Crippen LogP contribution in [0.25, 0.3) is 0 Å². The van der Waals surface area contributed by atoms with Crippen molar-refractivity contribution >= 4 is 11.8 Å². The quantitative estimate of drug-likeness (QED) is 0.890. The predicted octanol–water partition coefficient (Wildman–Crippen LogP) is 2.56. The van der Waals surface area contributed by atoms with Crippen molar-refractivity contribution in [1.29, 1.82) is 0 Å². The molecule has 1 saturated heterocycles. The highest BCUT2D eigenvalue weighted by Gasteiger charge is 2.47. The average Bonchev–Trinajstić information content (AvgIpc) is 3.05. The number of hydrogen-bond acceptors (Lipinski definition) is 3. The van der Waals surface area contributed by atoms with Crippen LogP contribution in [-0.4, -0.2) is 24.5 Å². The van der Waals surface area contributed by atoms with Gasteiger partial charge >= 0.3 is 0 Å². The molecule has 1 unspecified atom stereocenters. The molecule has 1 atom stereocenters. The van der Waals surface area contributed by atoms with Gasteiger partial charge < -0.3 is 10.5 Å². The van der Waals surface area contributed by atoms with E-state index in [1.54, 1.807) is 0 Å². The lowest BCUT2D eigenvalue weighted by Crippen LogP contribution is -2.31. The third kappa shape index (κ3) is 2.12. The second-order valence-electron chi connectivity index (χ2n) is 5.25. The summed E-state index contributed by atoms with van der Waals surface area (Å²) in [6, 6.07) is 9.26. The van der Waals surface area contributed by atoms with E-state index in [-0.39, 0.29) is 11.5 Å². The van der Waals surface area contributed by atoms with Gasteiger partial charge in [0, 0.05) is 16.4 Å². The highest BCUT2D eigenvalue weighted by Crippen LogP contribution is 2.50. The number of nitrogens with two attached hydrogens (primary N) is 1. The first kappa shape index (κ1) is 11.6. The van der Waals surface area contributed by atoms with Crippen molar-refractivity contribution < 1.29 is 4.74 Å². The number of ether oxygens (including phenoxy) is 1. The van der Waals surface area contributed by atoms with Crippen molar-refractivity contribution in [2.24, 2.45) is 5.73 Å². The van der Waals surface area contributed by atoms with Gasteiger partial charge in [-0.3, -0.25) is 0 Å². The van der Waals surface area contributed by atoms with Gasteiger partial charge in [-0.15, -0.1) is 11.8 Å². The van der Waals surface area contributed by atoms with E-state index >= 15 is 0 Å². The van der Waals surface area contributed by atoms with Crippen LogP contribution in [-0.2, 0) is 10.2 Å². The molecule has 1 saturated carbocycles. The van der Waals surface area contributed by atoms with Gasteiger partial charge in [0.25, 0.3) is 0 Å². The van der Waals surface area contributed by atoms with Gasteiger partial charge in [-0.1, -0.05) is 12.1 Å². The zero-order chi connectivity index (χ0) is 11.9. The molecule has 17 heavy (non-hydrogen) atoms. The van der Waals surface area contributed by atoms with E-state index in [9.17, 15) is 0 Å². The third-order valence-corrected chi connectivity index (χ3v) is 5.15. The molecule has 2 N–H and O–H groups in total. The zero-order valence-corrected chi connectivity index (χ0v) is 11.0. The van der Waals surface area contributed by atoms with Crippen molar-refractivity contribution in [3.05, 3.63) is 29.8 Å². The summed E-state index contributed by atoms with van der Waals surface area (Å²) in [5.74, 6) is 0. The minimum Gasteiger partial charge on any atom is -0.379 e. The molecule has 1 aromatic carbocycles. The lowest BCUT2D eigenvalue weighted by molar-refractivity contribution is 0.0455. The fourth-order valence-corrected chi connectivity index (χ4v) is 3.49. The SMILES string of the molecule is CC(N)C1(c2ccc(SC3COC3)cc2)CC1. The number of hydrogen-bond donors (Lipinski definition) is 1. The van der Waals surface area contributed by atoms with Crippen LogP contribution in [0.3, 0.4) is 0 Å². The monoisotopic (exact) mass is 249 g/mol. The van der Waals surface area contributed by atoms with E-state index in [1.165, 1.54) is 23.3 Å². The van der Waals surface area contributed by atoms with Crippen molar-refractivity contribution in [1.82, 2.24) is 0 Å². The Balaban J connectivity index is 1.71. The summed E-state index contributed by atoms with van der Waals surface area (Å²) in [5.41, 5.74) is 7.79. The highest BCUT2D eigenvalue weighted by molar-refractivity contribution is 8.00. The van der Waals surface area contributed by atoms with E-state index in [4.69, 9.17) is 10.5 Å². The summed E-state index contributed by atoms with van der Waals surface area (Å²) in [6.45, 7) is 3.92. The topological polar surface area (TPSA) is 35.2 Å². The lowest BCUT2D eigenvalue weighted by Gasteiger charge is -2.25. The Labute approximate surface area is 107 Å².